The third-order valence-electron chi connectivity index (χ3n) is 4.60. The van der Waals surface area contributed by atoms with Crippen LogP contribution >= 0.6 is 15.9 Å². The lowest BCUT2D eigenvalue weighted by Crippen LogP contribution is -2.28. The summed E-state index contributed by atoms with van der Waals surface area (Å²) < 4.78 is 6.54. The van der Waals surface area contributed by atoms with Crippen LogP contribution in [0.1, 0.15) is 23.6 Å². The number of benzene rings is 2. The third-order valence-corrected chi connectivity index (χ3v) is 5.05. The Morgan fingerprint density at radius 1 is 1.27 bits per heavy atom. The largest absolute Gasteiger partial charge is 0.483 e. The summed E-state index contributed by atoms with van der Waals surface area (Å²) in [5.41, 5.74) is 4.58. The van der Waals surface area contributed by atoms with Crippen LogP contribution in [-0.2, 0) is 16.0 Å². The van der Waals surface area contributed by atoms with Crippen LogP contribution < -0.4 is 15.0 Å². The van der Waals surface area contributed by atoms with Crippen LogP contribution in [0.15, 0.2) is 34.8 Å². The molecule has 0 radical (unpaired) electrons. The Hall–Kier alpha value is -2.34. The van der Waals surface area contributed by atoms with Gasteiger partial charge in [-0.3, -0.25) is 9.59 Å². The molecule has 0 atom stereocenters. The highest BCUT2D eigenvalue weighted by atomic mass is 79.9. The van der Waals surface area contributed by atoms with E-state index in [-0.39, 0.29) is 18.4 Å². The van der Waals surface area contributed by atoms with Crippen LogP contribution in [0.25, 0.3) is 0 Å². The number of carbonyl (C=O) groups is 2. The van der Waals surface area contributed by atoms with Gasteiger partial charge in [-0.25, -0.2) is 0 Å². The zero-order valence-corrected chi connectivity index (χ0v) is 16.6. The fourth-order valence-electron chi connectivity index (χ4n) is 3.13. The molecule has 0 aromatic heterocycles. The van der Waals surface area contributed by atoms with E-state index in [1.165, 1.54) is 6.92 Å². The van der Waals surface area contributed by atoms with Crippen molar-refractivity contribution in [3.63, 3.8) is 0 Å². The van der Waals surface area contributed by atoms with Crippen molar-refractivity contribution in [3.8, 4) is 5.75 Å². The van der Waals surface area contributed by atoms with Crippen molar-refractivity contribution in [1.29, 1.82) is 0 Å². The fraction of sp³-hybridized carbons (Fsp3) is 0.300. The van der Waals surface area contributed by atoms with Gasteiger partial charge in [-0.1, -0.05) is 28.1 Å². The molecule has 1 heterocycles. The third kappa shape index (κ3) is 3.75. The summed E-state index contributed by atoms with van der Waals surface area (Å²) >= 11 is 3.47. The van der Waals surface area contributed by atoms with Crippen LogP contribution in [0.4, 0.5) is 11.4 Å². The van der Waals surface area contributed by atoms with Crippen molar-refractivity contribution >= 4 is 39.1 Å². The molecule has 0 fully saturated rings. The lowest BCUT2D eigenvalue weighted by molar-refractivity contribution is -0.118. The number of halogens is 1. The highest BCUT2D eigenvalue weighted by Crippen LogP contribution is 2.38. The van der Waals surface area contributed by atoms with Crippen LogP contribution in [0.5, 0.6) is 5.75 Å². The minimum Gasteiger partial charge on any atom is -0.483 e. The van der Waals surface area contributed by atoms with E-state index in [0.717, 1.165) is 33.3 Å². The molecule has 0 saturated carbocycles. The first-order valence-electron chi connectivity index (χ1n) is 8.46. The molecular weight excluding hydrogens is 396 g/mol. The van der Waals surface area contributed by atoms with E-state index in [1.54, 1.807) is 4.90 Å². The number of carbonyl (C=O) groups excluding carboxylic acids is 2. The SMILES string of the molecule is CC(=O)N1CCc2cc(Br)cc(NC(=O)COc3cccc(C)c3C)c21. The molecular formula is C20H21BrN2O3. The normalized spacial score (nSPS) is 12.7. The van der Waals surface area contributed by atoms with Crippen molar-refractivity contribution < 1.29 is 14.3 Å². The molecule has 0 bridgehead atoms. The van der Waals surface area contributed by atoms with Gasteiger partial charge in [0.15, 0.2) is 6.61 Å². The molecule has 3 rings (SSSR count). The van der Waals surface area contributed by atoms with Gasteiger partial charge in [0.05, 0.1) is 11.4 Å². The molecule has 1 N–H and O–H groups in total. The molecule has 26 heavy (non-hydrogen) atoms. The van der Waals surface area contributed by atoms with Crippen molar-refractivity contribution in [3.05, 3.63) is 51.5 Å². The highest BCUT2D eigenvalue weighted by molar-refractivity contribution is 9.10. The van der Waals surface area contributed by atoms with Gasteiger partial charge in [-0.2, -0.15) is 0 Å². The number of nitrogens with zero attached hydrogens (tertiary/aromatic N) is 1. The maximum atomic E-state index is 12.4. The number of hydrogen-bond acceptors (Lipinski definition) is 3. The van der Waals surface area contributed by atoms with Gasteiger partial charge in [-0.15, -0.1) is 0 Å². The van der Waals surface area contributed by atoms with Crippen molar-refractivity contribution in [2.24, 2.45) is 0 Å². The number of rotatable bonds is 4. The van der Waals surface area contributed by atoms with E-state index in [1.807, 2.05) is 44.2 Å². The molecule has 1 aliphatic rings. The van der Waals surface area contributed by atoms with Gasteiger partial charge >= 0.3 is 0 Å². The predicted molar refractivity (Wildman–Crippen MR) is 106 cm³/mol. The molecule has 0 spiro atoms. The van der Waals surface area contributed by atoms with Crippen molar-refractivity contribution in [1.82, 2.24) is 0 Å². The van der Waals surface area contributed by atoms with Gasteiger partial charge in [0, 0.05) is 17.9 Å². The predicted octanol–water partition coefficient (Wildman–Crippen LogP) is 3.99. The van der Waals surface area contributed by atoms with Gasteiger partial charge < -0.3 is 15.0 Å². The fourth-order valence-corrected chi connectivity index (χ4v) is 3.63. The minimum absolute atomic E-state index is 0.0341. The number of ether oxygens (including phenoxy) is 1. The number of hydrogen-bond donors (Lipinski definition) is 1. The summed E-state index contributed by atoms with van der Waals surface area (Å²) in [6, 6.07) is 9.56. The number of amides is 2. The van der Waals surface area contributed by atoms with Gasteiger partial charge in [0.1, 0.15) is 5.75 Å². The van der Waals surface area contributed by atoms with Gasteiger partial charge in [0.2, 0.25) is 5.91 Å². The van der Waals surface area contributed by atoms with Crippen LogP contribution in [-0.4, -0.2) is 25.0 Å². The number of aryl methyl sites for hydroxylation is 1. The second kappa shape index (κ2) is 7.50. The van der Waals surface area contributed by atoms with E-state index < -0.39 is 0 Å². The Kier molecular flexibility index (Phi) is 5.32. The topological polar surface area (TPSA) is 58.6 Å². The van der Waals surface area contributed by atoms with E-state index in [2.05, 4.69) is 21.2 Å². The zero-order chi connectivity index (χ0) is 18.8. The highest BCUT2D eigenvalue weighted by Gasteiger charge is 2.26. The van der Waals surface area contributed by atoms with Crippen LogP contribution in [0.3, 0.4) is 0 Å². The zero-order valence-electron chi connectivity index (χ0n) is 15.1. The second-order valence-electron chi connectivity index (χ2n) is 6.42. The average molecular weight is 417 g/mol. The summed E-state index contributed by atoms with van der Waals surface area (Å²) in [4.78, 5) is 26.0. The second-order valence-corrected chi connectivity index (χ2v) is 7.33. The molecule has 2 aromatic carbocycles. The molecule has 6 heteroatoms. The molecule has 2 aromatic rings. The molecule has 0 aliphatic carbocycles. The van der Waals surface area contributed by atoms with Gasteiger partial charge in [0.25, 0.3) is 5.91 Å². The summed E-state index contributed by atoms with van der Waals surface area (Å²) in [6.45, 7) is 6.04. The quantitative estimate of drug-likeness (QED) is 0.819. The smallest absolute Gasteiger partial charge is 0.262 e. The molecule has 1 aliphatic heterocycles. The monoisotopic (exact) mass is 416 g/mol. The number of fused-ring (bicyclic) bond motifs is 1. The summed E-state index contributed by atoms with van der Waals surface area (Å²) in [5, 5.41) is 2.88. The Bertz CT molecular complexity index is 880. The van der Waals surface area contributed by atoms with Crippen molar-refractivity contribution in [2.45, 2.75) is 27.2 Å². The average Bonchev–Trinajstić information content (AvgIpc) is 3.00. The van der Waals surface area contributed by atoms with Crippen LogP contribution in [0.2, 0.25) is 0 Å². The summed E-state index contributed by atoms with van der Waals surface area (Å²) in [5.74, 6) is 0.403. The molecule has 5 nitrogen and oxygen atoms in total. The Balaban J connectivity index is 1.76. The van der Waals surface area contributed by atoms with Gasteiger partial charge in [-0.05, 0) is 55.2 Å². The number of nitrogens with one attached hydrogen (secondary N) is 1. The van der Waals surface area contributed by atoms with E-state index in [9.17, 15) is 9.59 Å². The first-order valence-corrected chi connectivity index (χ1v) is 9.25. The lowest BCUT2D eigenvalue weighted by atomic mass is 10.1. The van der Waals surface area contributed by atoms with E-state index in [4.69, 9.17) is 4.74 Å². The number of anilines is 2. The maximum Gasteiger partial charge on any atom is 0.262 e. The Morgan fingerprint density at radius 3 is 2.77 bits per heavy atom. The standard InChI is InChI=1S/C20H21BrN2O3/c1-12-5-4-6-18(13(12)2)26-11-19(25)22-17-10-16(21)9-15-7-8-23(14(3)24)20(15)17/h4-6,9-10H,7-8,11H2,1-3H3,(H,22,25). The minimum atomic E-state index is -0.262. The van der Waals surface area contributed by atoms with Crippen molar-refractivity contribution in [2.75, 3.05) is 23.4 Å². The van der Waals surface area contributed by atoms with E-state index >= 15 is 0 Å². The lowest BCUT2D eigenvalue weighted by Gasteiger charge is -2.19. The molecule has 2 amide bonds. The Labute approximate surface area is 161 Å². The Morgan fingerprint density at radius 2 is 2.04 bits per heavy atom. The van der Waals surface area contributed by atoms with Crippen LogP contribution in [0, 0.1) is 13.8 Å². The first kappa shape index (κ1) is 18.5. The molecule has 0 unspecified atom stereocenters. The summed E-state index contributed by atoms with van der Waals surface area (Å²) in [7, 11) is 0. The van der Waals surface area contributed by atoms with E-state index in [0.29, 0.717) is 18.0 Å². The first-order chi connectivity index (χ1) is 12.4. The molecule has 136 valence electrons. The summed E-state index contributed by atoms with van der Waals surface area (Å²) in [6.07, 6.45) is 0.774. The maximum absolute atomic E-state index is 12.4. The molecule has 0 saturated heterocycles.